The zero-order valence-electron chi connectivity index (χ0n) is 13.1. The van der Waals surface area contributed by atoms with Crippen LogP contribution in [0.3, 0.4) is 0 Å². The second-order valence-corrected chi connectivity index (χ2v) is 5.65. The number of hydrogen-bond acceptors (Lipinski definition) is 3. The summed E-state index contributed by atoms with van der Waals surface area (Å²) in [5, 5.41) is 5.69. The molecular formula is C18H17ClN2O3. The van der Waals surface area contributed by atoms with Crippen molar-refractivity contribution in [2.24, 2.45) is 0 Å². The SMILES string of the molecule is Cc1ccc(C(=O)C(=O)NCCNC(=O)c2ccc(Cl)cc2)cc1. The van der Waals surface area contributed by atoms with Crippen molar-refractivity contribution >= 4 is 29.2 Å². The van der Waals surface area contributed by atoms with E-state index in [9.17, 15) is 14.4 Å². The third-order valence-corrected chi connectivity index (χ3v) is 3.57. The summed E-state index contributed by atoms with van der Waals surface area (Å²) in [6.45, 7) is 2.28. The molecule has 2 aromatic carbocycles. The van der Waals surface area contributed by atoms with E-state index in [2.05, 4.69) is 10.6 Å². The topological polar surface area (TPSA) is 75.3 Å². The molecule has 6 heteroatoms. The van der Waals surface area contributed by atoms with E-state index in [0.29, 0.717) is 16.1 Å². The highest BCUT2D eigenvalue weighted by molar-refractivity contribution is 6.42. The van der Waals surface area contributed by atoms with E-state index in [-0.39, 0.29) is 19.0 Å². The van der Waals surface area contributed by atoms with Gasteiger partial charge in [-0.2, -0.15) is 0 Å². The minimum absolute atomic E-state index is 0.162. The van der Waals surface area contributed by atoms with Crippen LogP contribution < -0.4 is 10.6 Å². The van der Waals surface area contributed by atoms with Crippen LogP contribution in [-0.4, -0.2) is 30.7 Å². The van der Waals surface area contributed by atoms with Crippen molar-refractivity contribution in [3.63, 3.8) is 0 Å². The Hall–Kier alpha value is -2.66. The smallest absolute Gasteiger partial charge is 0.292 e. The van der Waals surface area contributed by atoms with Crippen molar-refractivity contribution in [1.82, 2.24) is 10.6 Å². The zero-order valence-corrected chi connectivity index (χ0v) is 13.9. The van der Waals surface area contributed by atoms with Crippen LogP contribution in [0.4, 0.5) is 0 Å². The molecule has 0 aliphatic rings. The van der Waals surface area contributed by atoms with E-state index in [1.54, 1.807) is 48.5 Å². The number of Topliss-reactive ketones (excluding diaryl/α,β-unsaturated/α-hetero) is 1. The predicted molar refractivity (Wildman–Crippen MR) is 92.3 cm³/mol. The molecular weight excluding hydrogens is 328 g/mol. The van der Waals surface area contributed by atoms with Gasteiger partial charge in [0.2, 0.25) is 5.78 Å². The van der Waals surface area contributed by atoms with Gasteiger partial charge in [0.05, 0.1) is 0 Å². The van der Waals surface area contributed by atoms with E-state index in [0.717, 1.165) is 5.56 Å². The first-order valence-corrected chi connectivity index (χ1v) is 7.78. The monoisotopic (exact) mass is 344 g/mol. The van der Waals surface area contributed by atoms with Crippen molar-refractivity contribution in [3.8, 4) is 0 Å². The Morgan fingerprint density at radius 2 is 1.38 bits per heavy atom. The maximum atomic E-state index is 11.9. The fourth-order valence-corrected chi connectivity index (χ4v) is 2.10. The summed E-state index contributed by atoms with van der Waals surface area (Å²) in [5.74, 6) is -1.57. The summed E-state index contributed by atoms with van der Waals surface area (Å²) in [7, 11) is 0. The first kappa shape index (κ1) is 17.7. The number of benzene rings is 2. The molecule has 0 aromatic heterocycles. The second kappa shape index (κ2) is 8.26. The number of halogens is 1. The van der Waals surface area contributed by atoms with Crippen LogP contribution in [0.1, 0.15) is 26.3 Å². The van der Waals surface area contributed by atoms with Crippen LogP contribution in [0, 0.1) is 6.92 Å². The lowest BCUT2D eigenvalue weighted by atomic mass is 10.1. The van der Waals surface area contributed by atoms with Gasteiger partial charge < -0.3 is 10.6 Å². The van der Waals surface area contributed by atoms with Gasteiger partial charge in [0.25, 0.3) is 11.8 Å². The molecule has 2 N–H and O–H groups in total. The van der Waals surface area contributed by atoms with Gasteiger partial charge in [-0.15, -0.1) is 0 Å². The number of nitrogens with one attached hydrogen (secondary N) is 2. The quantitative estimate of drug-likeness (QED) is 0.480. The number of carbonyl (C=O) groups is 3. The summed E-state index contributed by atoms with van der Waals surface area (Å²) in [6.07, 6.45) is 0. The van der Waals surface area contributed by atoms with Crippen LogP contribution in [0.15, 0.2) is 48.5 Å². The maximum absolute atomic E-state index is 11.9. The molecule has 0 spiro atoms. The van der Waals surface area contributed by atoms with Gasteiger partial charge in [-0.05, 0) is 31.2 Å². The van der Waals surface area contributed by atoms with Gasteiger partial charge in [0, 0.05) is 29.2 Å². The van der Waals surface area contributed by atoms with Crippen LogP contribution in [0.25, 0.3) is 0 Å². The second-order valence-electron chi connectivity index (χ2n) is 5.21. The molecule has 0 aliphatic heterocycles. The minimum Gasteiger partial charge on any atom is -0.350 e. The summed E-state index contributed by atoms with van der Waals surface area (Å²) in [4.78, 5) is 35.6. The van der Waals surface area contributed by atoms with E-state index in [1.807, 2.05) is 6.92 Å². The first-order valence-electron chi connectivity index (χ1n) is 7.40. The third kappa shape index (κ3) is 4.93. The number of ketones is 1. The number of rotatable bonds is 6. The summed E-state index contributed by atoms with van der Waals surface area (Å²) in [5.41, 5.74) is 1.82. The minimum atomic E-state index is -0.695. The highest BCUT2D eigenvalue weighted by Gasteiger charge is 2.15. The van der Waals surface area contributed by atoms with Crippen molar-refractivity contribution in [2.75, 3.05) is 13.1 Å². The first-order chi connectivity index (χ1) is 11.5. The molecule has 5 nitrogen and oxygen atoms in total. The van der Waals surface area contributed by atoms with Crippen molar-refractivity contribution in [1.29, 1.82) is 0 Å². The Kier molecular flexibility index (Phi) is 6.09. The Bertz CT molecular complexity index is 740. The molecule has 0 aliphatic carbocycles. The molecule has 0 unspecified atom stereocenters. The maximum Gasteiger partial charge on any atom is 0.292 e. The van der Waals surface area contributed by atoms with E-state index in [1.165, 1.54) is 0 Å². The number of carbonyl (C=O) groups excluding carboxylic acids is 3. The van der Waals surface area contributed by atoms with Crippen molar-refractivity contribution in [2.45, 2.75) is 6.92 Å². The molecule has 24 heavy (non-hydrogen) atoms. The molecule has 0 saturated heterocycles. The number of amides is 2. The Labute approximate surface area is 145 Å². The fraction of sp³-hybridized carbons (Fsp3) is 0.167. The molecule has 2 amide bonds. The lowest BCUT2D eigenvalue weighted by molar-refractivity contribution is -0.116. The zero-order chi connectivity index (χ0) is 17.5. The summed E-state index contributed by atoms with van der Waals surface area (Å²) >= 11 is 5.76. The molecule has 0 saturated carbocycles. The highest BCUT2D eigenvalue weighted by Crippen LogP contribution is 2.09. The van der Waals surface area contributed by atoms with Gasteiger partial charge in [-0.25, -0.2) is 0 Å². The van der Waals surface area contributed by atoms with Gasteiger partial charge in [0.1, 0.15) is 0 Å². The third-order valence-electron chi connectivity index (χ3n) is 3.32. The molecule has 2 rings (SSSR count). The average Bonchev–Trinajstić information content (AvgIpc) is 2.59. The van der Waals surface area contributed by atoms with Crippen LogP contribution >= 0.6 is 11.6 Å². The molecule has 0 fully saturated rings. The Morgan fingerprint density at radius 3 is 2.00 bits per heavy atom. The van der Waals surface area contributed by atoms with Crippen molar-refractivity contribution in [3.05, 3.63) is 70.2 Å². The molecule has 0 atom stereocenters. The molecule has 0 bridgehead atoms. The molecule has 124 valence electrons. The van der Waals surface area contributed by atoms with E-state index in [4.69, 9.17) is 11.6 Å². The lowest BCUT2D eigenvalue weighted by Crippen LogP contribution is -2.37. The normalized spacial score (nSPS) is 10.1. The van der Waals surface area contributed by atoms with Crippen LogP contribution in [-0.2, 0) is 4.79 Å². The summed E-state index contributed by atoms with van der Waals surface area (Å²) in [6, 6.07) is 13.2. The van der Waals surface area contributed by atoms with Crippen molar-refractivity contribution < 1.29 is 14.4 Å². The molecule has 2 aromatic rings. The molecule has 0 radical (unpaired) electrons. The van der Waals surface area contributed by atoms with Gasteiger partial charge >= 0.3 is 0 Å². The fourth-order valence-electron chi connectivity index (χ4n) is 1.97. The van der Waals surface area contributed by atoms with E-state index >= 15 is 0 Å². The lowest BCUT2D eigenvalue weighted by Gasteiger charge is -2.07. The van der Waals surface area contributed by atoms with Gasteiger partial charge in [-0.1, -0.05) is 41.4 Å². The average molecular weight is 345 g/mol. The number of aryl methyl sites for hydroxylation is 1. The van der Waals surface area contributed by atoms with Crippen LogP contribution in [0.2, 0.25) is 5.02 Å². The van der Waals surface area contributed by atoms with Crippen LogP contribution in [0.5, 0.6) is 0 Å². The summed E-state index contributed by atoms with van der Waals surface area (Å²) < 4.78 is 0. The number of hydrogen-bond donors (Lipinski definition) is 2. The standard InChI is InChI=1S/C18H17ClN2O3/c1-12-2-4-13(5-3-12)16(22)18(24)21-11-10-20-17(23)14-6-8-15(19)9-7-14/h2-9H,10-11H2,1H3,(H,20,23)(H,21,24). The van der Waals surface area contributed by atoms with Gasteiger partial charge in [-0.3, -0.25) is 14.4 Å². The highest BCUT2D eigenvalue weighted by atomic mass is 35.5. The van der Waals surface area contributed by atoms with Gasteiger partial charge in [0.15, 0.2) is 0 Å². The predicted octanol–water partition coefficient (Wildman–Crippen LogP) is 2.38. The van der Waals surface area contributed by atoms with E-state index < -0.39 is 11.7 Å². The Morgan fingerprint density at radius 1 is 0.833 bits per heavy atom. The molecule has 0 heterocycles. The Balaban J connectivity index is 1.76. The largest absolute Gasteiger partial charge is 0.350 e.